The molecular formula is C20H32O2SSi. The van der Waals surface area contributed by atoms with Crippen molar-refractivity contribution < 1.29 is 9.16 Å². The third-order valence-electron chi connectivity index (χ3n) is 6.29. The van der Waals surface area contributed by atoms with Gasteiger partial charge in [-0.25, -0.2) is 0 Å². The Bertz CT molecular complexity index is 619. The van der Waals surface area contributed by atoms with Crippen molar-refractivity contribution in [3.8, 4) is 5.75 Å². The first kappa shape index (κ1) is 18.3. The van der Waals surface area contributed by atoms with Crippen LogP contribution in [0.3, 0.4) is 0 Å². The average molecular weight is 365 g/mol. The van der Waals surface area contributed by atoms with Crippen LogP contribution in [0.1, 0.15) is 58.3 Å². The van der Waals surface area contributed by atoms with Gasteiger partial charge in [-0.1, -0.05) is 46.8 Å². The standard InChI is InChI=1S/C20H32O2SSi/c1-19(2,3)24(6,7)22-17-10-8-9-15-14(17)11-12-16-18(15)21-13-23-20(16,4)5/h8-10,16,18H,11-13H2,1-7H3/t16-,18+/m1/s1. The Labute approximate surface area is 152 Å². The van der Waals surface area contributed by atoms with Gasteiger partial charge in [0.25, 0.3) is 0 Å². The molecule has 0 aromatic heterocycles. The third-order valence-corrected chi connectivity index (χ3v) is 11.9. The molecule has 1 aromatic carbocycles. The lowest BCUT2D eigenvalue weighted by Crippen LogP contribution is -2.44. The van der Waals surface area contributed by atoms with Gasteiger partial charge in [0, 0.05) is 10.7 Å². The summed E-state index contributed by atoms with van der Waals surface area (Å²) in [7, 11) is -1.82. The molecule has 1 saturated heterocycles. The van der Waals surface area contributed by atoms with E-state index in [-0.39, 0.29) is 15.9 Å². The van der Waals surface area contributed by atoms with Crippen LogP contribution in [0.5, 0.6) is 5.75 Å². The van der Waals surface area contributed by atoms with Crippen molar-refractivity contribution in [1.82, 2.24) is 0 Å². The highest BCUT2D eigenvalue weighted by atomic mass is 32.2. The van der Waals surface area contributed by atoms with E-state index in [9.17, 15) is 0 Å². The Morgan fingerprint density at radius 1 is 1.25 bits per heavy atom. The van der Waals surface area contributed by atoms with Gasteiger partial charge in [-0.15, -0.1) is 11.8 Å². The molecule has 0 radical (unpaired) electrons. The van der Waals surface area contributed by atoms with E-state index in [1.807, 2.05) is 11.8 Å². The number of thioether (sulfide) groups is 1. The van der Waals surface area contributed by atoms with Crippen LogP contribution in [0.4, 0.5) is 0 Å². The Hall–Kier alpha value is -0.453. The second kappa shape index (κ2) is 6.06. The van der Waals surface area contributed by atoms with Crippen LogP contribution in [0.15, 0.2) is 18.2 Å². The highest BCUT2D eigenvalue weighted by Gasteiger charge is 2.45. The molecule has 1 aliphatic carbocycles. The van der Waals surface area contributed by atoms with Crippen LogP contribution >= 0.6 is 11.8 Å². The van der Waals surface area contributed by atoms with Crippen LogP contribution in [-0.4, -0.2) is 19.0 Å². The SMILES string of the molecule is CC1(C)SCO[C@H]2c3cccc(O[Si](C)(C)C(C)(C)C)c3CC[C@H]21. The largest absolute Gasteiger partial charge is 0.543 e. The van der Waals surface area contributed by atoms with Gasteiger partial charge < -0.3 is 9.16 Å². The molecule has 1 fully saturated rings. The van der Waals surface area contributed by atoms with Gasteiger partial charge >= 0.3 is 0 Å². The van der Waals surface area contributed by atoms with Gasteiger partial charge in [0.05, 0.1) is 12.0 Å². The van der Waals surface area contributed by atoms with Crippen molar-refractivity contribution in [3.63, 3.8) is 0 Å². The molecule has 134 valence electrons. The second-order valence-corrected chi connectivity index (χ2v) is 15.6. The number of rotatable bonds is 2. The summed E-state index contributed by atoms with van der Waals surface area (Å²) in [6, 6.07) is 6.58. The van der Waals surface area contributed by atoms with E-state index in [1.165, 1.54) is 17.5 Å². The molecule has 0 amide bonds. The van der Waals surface area contributed by atoms with E-state index < -0.39 is 8.32 Å². The number of hydrogen-bond donors (Lipinski definition) is 0. The summed E-state index contributed by atoms with van der Waals surface area (Å²) >= 11 is 1.95. The molecule has 1 aromatic rings. The molecule has 0 unspecified atom stereocenters. The molecule has 4 heteroatoms. The molecular weight excluding hydrogens is 332 g/mol. The van der Waals surface area contributed by atoms with Gasteiger partial charge in [0.2, 0.25) is 8.32 Å². The maximum Gasteiger partial charge on any atom is 0.250 e. The van der Waals surface area contributed by atoms with Gasteiger partial charge in [0.15, 0.2) is 0 Å². The molecule has 1 aliphatic heterocycles. The monoisotopic (exact) mass is 364 g/mol. The first-order valence-electron chi connectivity index (χ1n) is 9.09. The zero-order valence-corrected chi connectivity index (χ0v) is 18.0. The van der Waals surface area contributed by atoms with E-state index in [0.29, 0.717) is 5.92 Å². The Balaban J connectivity index is 1.95. The zero-order chi connectivity index (χ0) is 17.8. The topological polar surface area (TPSA) is 18.5 Å². The summed E-state index contributed by atoms with van der Waals surface area (Å²) < 4.78 is 13.2. The summed E-state index contributed by atoms with van der Waals surface area (Å²) in [5.74, 6) is 2.49. The highest BCUT2D eigenvalue weighted by molar-refractivity contribution is 8.00. The van der Waals surface area contributed by atoms with Gasteiger partial charge in [-0.3, -0.25) is 0 Å². The number of hydrogen-bond acceptors (Lipinski definition) is 3. The Kier molecular flexibility index (Phi) is 4.63. The van der Waals surface area contributed by atoms with Crippen LogP contribution in [0, 0.1) is 5.92 Å². The average Bonchev–Trinajstić information content (AvgIpc) is 2.45. The minimum Gasteiger partial charge on any atom is -0.543 e. The first-order chi connectivity index (χ1) is 11.0. The summed E-state index contributed by atoms with van der Waals surface area (Å²) in [6.45, 7) is 16.3. The molecule has 2 atom stereocenters. The van der Waals surface area contributed by atoms with Crippen LogP contribution in [0.25, 0.3) is 0 Å². The Morgan fingerprint density at radius 3 is 2.62 bits per heavy atom. The van der Waals surface area contributed by atoms with Crippen molar-refractivity contribution in [2.45, 2.75) is 76.4 Å². The smallest absolute Gasteiger partial charge is 0.250 e. The number of ether oxygens (including phenoxy) is 1. The third kappa shape index (κ3) is 3.17. The van der Waals surface area contributed by atoms with Gasteiger partial charge in [-0.05, 0) is 48.2 Å². The fourth-order valence-corrected chi connectivity index (χ4v) is 5.61. The lowest BCUT2D eigenvalue weighted by Gasteiger charge is -2.47. The number of benzene rings is 1. The van der Waals surface area contributed by atoms with E-state index in [0.717, 1.165) is 18.1 Å². The molecule has 2 aliphatic rings. The lowest BCUT2D eigenvalue weighted by molar-refractivity contribution is 0.00544. The summed E-state index contributed by atoms with van der Waals surface area (Å²) in [5.41, 5.74) is 2.77. The normalized spacial score (nSPS) is 26.5. The first-order valence-corrected chi connectivity index (χ1v) is 13.0. The maximum absolute atomic E-state index is 6.67. The van der Waals surface area contributed by atoms with Crippen molar-refractivity contribution in [3.05, 3.63) is 29.3 Å². The molecule has 0 bridgehead atoms. The molecule has 2 nitrogen and oxygen atoms in total. The van der Waals surface area contributed by atoms with Crippen LogP contribution in [-0.2, 0) is 11.2 Å². The fraction of sp³-hybridized carbons (Fsp3) is 0.700. The van der Waals surface area contributed by atoms with Crippen LogP contribution in [0.2, 0.25) is 18.1 Å². The van der Waals surface area contributed by atoms with E-state index >= 15 is 0 Å². The van der Waals surface area contributed by atoms with E-state index in [4.69, 9.17) is 9.16 Å². The predicted octanol–water partition coefficient (Wildman–Crippen LogP) is 6.17. The van der Waals surface area contributed by atoms with Crippen molar-refractivity contribution in [2.75, 3.05) is 5.94 Å². The molecule has 3 rings (SSSR count). The van der Waals surface area contributed by atoms with Gasteiger partial charge in [-0.2, -0.15) is 0 Å². The fourth-order valence-electron chi connectivity index (χ4n) is 3.59. The molecule has 24 heavy (non-hydrogen) atoms. The molecule has 1 heterocycles. The lowest BCUT2D eigenvalue weighted by atomic mass is 9.75. The maximum atomic E-state index is 6.67. The molecule has 0 N–H and O–H groups in total. The minimum absolute atomic E-state index is 0.215. The van der Waals surface area contributed by atoms with Crippen molar-refractivity contribution in [2.24, 2.45) is 5.92 Å². The van der Waals surface area contributed by atoms with E-state index in [1.54, 1.807) is 0 Å². The summed E-state index contributed by atoms with van der Waals surface area (Å²) in [6.07, 6.45) is 2.53. The quantitative estimate of drug-likeness (QED) is 0.584. The van der Waals surface area contributed by atoms with E-state index in [2.05, 4.69) is 65.9 Å². The summed E-state index contributed by atoms with van der Waals surface area (Å²) in [4.78, 5) is 0. The minimum atomic E-state index is -1.82. The highest BCUT2D eigenvalue weighted by Crippen LogP contribution is 2.53. The summed E-state index contributed by atoms with van der Waals surface area (Å²) in [5, 5.41) is 0.215. The predicted molar refractivity (Wildman–Crippen MR) is 106 cm³/mol. The van der Waals surface area contributed by atoms with Crippen molar-refractivity contribution in [1.29, 1.82) is 0 Å². The van der Waals surface area contributed by atoms with Gasteiger partial charge in [0.1, 0.15) is 5.75 Å². The van der Waals surface area contributed by atoms with Crippen molar-refractivity contribution >= 4 is 20.1 Å². The van der Waals surface area contributed by atoms with Crippen LogP contribution < -0.4 is 4.43 Å². The molecule has 0 saturated carbocycles. The Morgan fingerprint density at radius 2 is 1.96 bits per heavy atom. The second-order valence-electron chi connectivity index (χ2n) is 9.28. The zero-order valence-electron chi connectivity index (χ0n) is 16.2. The number of fused-ring (bicyclic) bond motifs is 3. The molecule has 0 spiro atoms.